The fraction of sp³-hybridized carbons (Fsp3) is 0.300. The molecule has 0 aliphatic rings. The molecule has 6 nitrogen and oxygen atoms in total. The lowest BCUT2D eigenvalue weighted by Gasteiger charge is -2.12. The second-order valence-electron chi connectivity index (χ2n) is 3.31. The molecular formula is C10H11IN2O4. The summed E-state index contributed by atoms with van der Waals surface area (Å²) in [5, 5.41) is 20.5. The van der Waals surface area contributed by atoms with Crippen molar-refractivity contribution in [3.05, 3.63) is 21.5 Å². The predicted octanol–water partition coefficient (Wildman–Crippen LogP) is 0.985. The van der Waals surface area contributed by atoms with Crippen LogP contribution < -0.4 is 5.32 Å². The van der Waals surface area contributed by atoms with E-state index in [9.17, 15) is 14.7 Å². The number of nitrogens with one attached hydrogen (secondary N) is 1. The van der Waals surface area contributed by atoms with E-state index in [1.54, 1.807) is 6.92 Å². The Morgan fingerprint density at radius 1 is 1.59 bits per heavy atom. The summed E-state index contributed by atoms with van der Waals surface area (Å²) in [4.78, 5) is 26.2. The number of carboxylic acids is 1. The van der Waals surface area contributed by atoms with Crippen LogP contribution in [-0.2, 0) is 4.79 Å². The number of aromatic nitrogens is 1. The number of nitrogens with zero attached hydrogens (tertiary/aromatic N) is 1. The summed E-state index contributed by atoms with van der Waals surface area (Å²) in [7, 11) is 0. The molecule has 0 spiro atoms. The van der Waals surface area contributed by atoms with Crippen LogP contribution in [0.3, 0.4) is 0 Å². The number of amides is 1. The molecule has 1 amide bonds. The van der Waals surface area contributed by atoms with Crippen LogP contribution in [0.4, 0.5) is 0 Å². The van der Waals surface area contributed by atoms with Gasteiger partial charge in [0.05, 0.1) is 5.56 Å². The van der Waals surface area contributed by atoms with Gasteiger partial charge in [-0.05, 0) is 35.1 Å². The molecule has 7 heteroatoms. The second-order valence-corrected chi connectivity index (χ2v) is 4.33. The third-order valence-corrected chi connectivity index (χ3v) is 2.93. The fourth-order valence-corrected chi connectivity index (χ4v) is 1.44. The van der Waals surface area contributed by atoms with Crippen LogP contribution >= 0.6 is 22.6 Å². The first-order valence-corrected chi connectivity index (χ1v) is 5.91. The van der Waals surface area contributed by atoms with Gasteiger partial charge < -0.3 is 15.5 Å². The summed E-state index contributed by atoms with van der Waals surface area (Å²) >= 11 is 1.82. The van der Waals surface area contributed by atoms with Gasteiger partial charge in [0.15, 0.2) is 0 Å². The Morgan fingerprint density at radius 3 is 2.71 bits per heavy atom. The first kappa shape index (κ1) is 13.7. The minimum Gasteiger partial charge on any atom is -0.505 e. The molecule has 3 N–H and O–H groups in total. The maximum absolute atomic E-state index is 11.7. The maximum atomic E-state index is 11.7. The Balaban J connectivity index is 2.82. The molecule has 1 aromatic heterocycles. The molecule has 0 saturated carbocycles. The number of hydrogen-bond acceptors (Lipinski definition) is 4. The highest BCUT2D eigenvalue weighted by atomic mass is 127. The minimum absolute atomic E-state index is 0.110. The molecule has 1 heterocycles. The quantitative estimate of drug-likeness (QED) is 0.556. The zero-order valence-electron chi connectivity index (χ0n) is 8.98. The molecule has 1 rings (SSSR count). The van der Waals surface area contributed by atoms with Crippen molar-refractivity contribution in [3.63, 3.8) is 0 Å². The van der Waals surface area contributed by atoms with Crippen molar-refractivity contribution in [2.24, 2.45) is 0 Å². The van der Waals surface area contributed by atoms with Crippen LogP contribution in [0.5, 0.6) is 5.75 Å². The molecule has 0 aliphatic heterocycles. The van der Waals surface area contributed by atoms with Gasteiger partial charge in [0.25, 0.3) is 5.91 Å². The molecule has 0 fully saturated rings. The van der Waals surface area contributed by atoms with Crippen LogP contribution in [0.2, 0.25) is 0 Å². The Bertz CT molecular complexity index is 450. The van der Waals surface area contributed by atoms with E-state index in [1.807, 2.05) is 22.6 Å². The smallest absolute Gasteiger partial charge is 0.326 e. The lowest BCUT2D eigenvalue weighted by atomic mass is 10.2. The van der Waals surface area contributed by atoms with Crippen molar-refractivity contribution in [1.82, 2.24) is 10.3 Å². The van der Waals surface area contributed by atoms with Gasteiger partial charge in [-0.3, -0.25) is 4.79 Å². The normalized spacial score (nSPS) is 11.9. The summed E-state index contributed by atoms with van der Waals surface area (Å²) in [5.41, 5.74) is 0.127. The Morgan fingerprint density at radius 2 is 2.24 bits per heavy atom. The van der Waals surface area contributed by atoms with E-state index in [1.165, 1.54) is 12.3 Å². The van der Waals surface area contributed by atoms with Crippen molar-refractivity contribution in [2.45, 2.75) is 19.4 Å². The van der Waals surface area contributed by atoms with Gasteiger partial charge in [-0.25, -0.2) is 9.78 Å². The van der Waals surface area contributed by atoms with Crippen LogP contribution in [0, 0.1) is 3.70 Å². The summed E-state index contributed by atoms with van der Waals surface area (Å²) in [5.74, 6) is -1.77. The average molecular weight is 350 g/mol. The number of halogens is 1. The number of carboxylic acid groups (broad SMARTS) is 1. The van der Waals surface area contributed by atoms with Crippen LogP contribution in [0.25, 0.3) is 0 Å². The predicted molar refractivity (Wildman–Crippen MR) is 67.8 cm³/mol. The van der Waals surface area contributed by atoms with E-state index < -0.39 is 17.9 Å². The lowest BCUT2D eigenvalue weighted by molar-refractivity contribution is -0.139. The van der Waals surface area contributed by atoms with Gasteiger partial charge in [-0.15, -0.1) is 0 Å². The van der Waals surface area contributed by atoms with Crippen molar-refractivity contribution in [3.8, 4) is 5.75 Å². The molecule has 0 unspecified atom stereocenters. The van der Waals surface area contributed by atoms with E-state index in [4.69, 9.17) is 5.11 Å². The Hall–Kier alpha value is -1.38. The van der Waals surface area contributed by atoms with Crippen molar-refractivity contribution in [2.75, 3.05) is 0 Å². The van der Waals surface area contributed by atoms with Crippen molar-refractivity contribution >= 4 is 34.5 Å². The molecule has 17 heavy (non-hydrogen) atoms. The van der Waals surface area contributed by atoms with Gasteiger partial charge in [-0.2, -0.15) is 0 Å². The molecular weight excluding hydrogens is 339 g/mol. The highest BCUT2D eigenvalue weighted by Crippen LogP contribution is 2.17. The fourth-order valence-electron chi connectivity index (χ4n) is 1.14. The second kappa shape index (κ2) is 5.80. The minimum atomic E-state index is -1.09. The van der Waals surface area contributed by atoms with E-state index in [0.29, 0.717) is 3.70 Å². The number of pyridine rings is 1. The van der Waals surface area contributed by atoms with Gasteiger partial charge in [0.2, 0.25) is 0 Å². The first-order valence-electron chi connectivity index (χ1n) is 4.83. The first-order chi connectivity index (χ1) is 7.95. The third kappa shape index (κ3) is 3.55. The summed E-state index contributed by atoms with van der Waals surface area (Å²) in [6, 6.07) is 0.308. The zero-order chi connectivity index (χ0) is 13.0. The number of carbonyl (C=O) groups is 2. The molecule has 0 bridgehead atoms. The van der Waals surface area contributed by atoms with E-state index in [0.717, 1.165) is 0 Å². The van der Waals surface area contributed by atoms with Crippen molar-refractivity contribution < 1.29 is 19.8 Å². The third-order valence-electron chi connectivity index (χ3n) is 2.09. The van der Waals surface area contributed by atoms with Crippen LogP contribution in [0.15, 0.2) is 12.3 Å². The van der Waals surface area contributed by atoms with Gasteiger partial charge in [0, 0.05) is 6.20 Å². The van der Waals surface area contributed by atoms with Crippen LogP contribution in [-0.4, -0.2) is 33.1 Å². The standard InChI is InChI=1S/C10H11IN2O4/c1-2-6(10(16)17)13-9(15)5-3-7(14)8(11)12-4-5/h3-4,6,14H,2H2,1H3,(H,13,15)(H,16,17)/t6-/m0/s1. The zero-order valence-corrected chi connectivity index (χ0v) is 11.1. The van der Waals surface area contributed by atoms with Gasteiger partial charge in [-0.1, -0.05) is 6.92 Å². The average Bonchev–Trinajstić information content (AvgIpc) is 2.28. The monoisotopic (exact) mass is 350 g/mol. The highest BCUT2D eigenvalue weighted by molar-refractivity contribution is 14.1. The van der Waals surface area contributed by atoms with E-state index in [-0.39, 0.29) is 17.7 Å². The summed E-state index contributed by atoms with van der Waals surface area (Å²) in [6.45, 7) is 1.66. The van der Waals surface area contributed by atoms with Gasteiger partial charge >= 0.3 is 5.97 Å². The molecule has 1 aromatic rings. The van der Waals surface area contributed by atoms with Gasteiger partial charge in [0.1, 0.15) is 15.5 Å². The highest BCUT2D eigenvalue weighted by Gasteiger charge is 2.19. The maximum Gasteiger partial charge on any atom is 0.326 e. The Kier molecular flexibility index (Phi) is 4.67. The lowest BCUT2D eigenvalue weighted by Crippen LogP contribution is -2.40. The molecule has 0 aromatic carbocycles. The summed E-state index contributed by atoms with van der Waals surface area (Å²) < 4.78 is 0.379. The van der Waals surface area contributed by atoms with Crippen molar-refractivity contribution in [1.29, 1.82) is 0 Å². The van der Waals surface area contributed by atoms with E-state index >= 15 is 0 Å². The van der Waals surface area contributed by atoms with Crippen LogP contribution in [0.1, 0.15) is 23.7 Å². The van der Waals surface area contributed by atoms with E-state index in [2.05, 4.69) is 10.3 Å². The molecule has 0 radical (unpaired) electrons. The Labute approximate surface area is 111 Å². The topological polar surface area (TPSA) is 99.5 Å². The molecule has 1 atom stereocenters. The summed E-state index contributed by atoms with van der Waals surface area (Å²) in [6.07, 6.45) is 1.57. The molecule has 0 aliphatic carbocycles. The molecule has 0 saturated heterocycles. The number of aliphatic carboxylic acids is 1. The SMILES string of the molecule is CC[C@H](NC(=O)c1cnc(I)c(O)c1)C(=O)O. The number of rotatable bonds is 4. The number of carbonyl (C=O) groups excluding carboxylic acids is 1. The number of hydrogen-bond donors (Lipinski definition) is 3. The number of aromatic hydroxyl groups is 1. The molecule has 92 valence electrons. The largest absolute Gasteiger partial charge is 0.505 e.